The first-order valence-electron chi connectivity index (χ1n) is 5.28. The van der Waals surface area contributed by atoms with Crippen molar-refractivity contribution in [2.45, 2.75) is 32.2 Å². The van der Waals surface area contributed by atoms with E-state index in [1.807, 2.05) is 6.92 Å². The molecule has 0 amide bonds. The summed E-state index contributed by atoms with van der Waals surface area (Å²) in [5.74, 6) is -0.761. The van der Waals surface area contributed by atoms with E-state index in [-0.39, 0.29) is 12.0 Å². The SMILES string of the molecule is CCC(CS)C(=O)OC(=O)[C@@H]1CCCN1. The number of nitrogens with one attached hydrogen (secondary N) is 1. The Morgan fingerprint density at radius 2 is 2.33 bits per heavy atom. The molecule has 1 rings (SSSR count). The summed E-state index contributed by atoms with van der Waals surface area (Å²) in [4.78, 5) is 22.9. The van der Waals surface area contributed by atoms with Crippen molar-refractivity contribution in [3.8, 4) is 0 Å². The lowest BCUT2D eigenvalue weighted by Crippen LogP contribution is -2.35. The van der Waals surface area contributed by atoms with Gasteiger partial charge >= 0.3 is 11.9 Å². The minimum Gasteiger partial charge on any atom is -0.392 e. The zero-order chi connectivity index (χ0) is 11.3. The molecular formula is C10H17NO3S. The predicted octanol–water partition coefficient (Wildman–Crippen LogP) is 0.764. The maximum Gasteiger partial charge on any atom is 0.330 e. The number of rotatable bonds is 4. The Bertz CT molecular complexity index is 223. The van der Waals surface area contributed by atoms with Crippen molar-refractivity contribution in [2.24, 2.45) is 5.92 Å². The Labute approximate surface area is 95.2 Å². The Morgan fingerprint density at radius 1 is 1.60 bits per heavy atom. The summed E-state index contributed by atoms with van der Waals surface area (Å²) in [7, 11) is 0. The van der Waals surface area contributed by atoms with E-state index in [1.54, 1.807) is 0 Å². The standard InChI is InChI=1S/C10H17NO3S/c1-2-7(6-15)9(12)14-10(13)8-4-3-5-11-8/h7-8,11,15H,2-6H2,1H3/t7?,8-/m0/s1. The molecule has 1 aliphatic rings. The summed E-state index contributed by atoms with van der Waals surface area (Å²) in [5.41, 5.74) is 0. The number of ether oxygens (including phenoxy) is 1. The van der Waals surface area contributed by atoms with E-state index in [1.165, 1.54) is 0 Å². The van der Waals surface area contributed by atoms with Gasteiger partial charge in [-0.2, -0.15) is 12.6 Å². The van der Waals surface area contributed by atoms with E-state index in [2.05, 4.69) is 17.9 Å². The molecular weight excluding hydrogens is 214 g/mol. The number of thiol groups is 1. The first-order chi connectivity index (χ1) is 7.19. The zero-order valence-electron chi connectivity index (χ0n) is 8.86. The van der Waals surface area contributed by atoms with E-state index in [0.717, 1.165) is 19.4 Å². The van der Waals surface area contributed by atoms with Gasteiger partial charge in [0, 0.05) is 5.75 Å². The average Bonchev–Trinajstić information content (AvgIpc) is 2.72. The summed E-state index contributed by atoms with van der Waals surface area (Å²) in [6.45, 7) is 2.69. The monoisotopic (exact) mass is 231 g/mol. The van der Waals surface area contributed by atoms with Crippen molar-refractivity contribution >= 4 is 24.6 Å². The van der Waals surface area contributed by atoms with Gasteiger partial charge in [-0.15, -0.1) is 0 Å². The maximum absolute atomic E-state index is 11.5. The Morgan fingerprint density at radius 3 is 2.80 bits per heavy atom. The lowest BCUT2D eigenvalue weighted by Gasteiger charge is -2.12. The number of hydrogen-bond acceptors (Lipinski definition) is 5. The fourth-order valence-corrected chi connectivity index (χ4v) is 1.92. The summed E-state index contributed by atoms with van der Waals surface area (Å²) in [6.07, 6.45) is 2.36. The van der Waals surface area contributed by atoms with Crippen molar-refractivity contribution in [3.63, 3.8) is 0 Å². The van der Waals surface area contributed by atoms with Crippen molar-refractivity contribution in [1.29, 1.82) is 0 Å². The normalized spacial score (nSPS) is 22.4. The van der Waals surface area contributed by atoms with Crippen LogP contribution >= 0.6 is 12.6 Å². The molecule has 1 N–H and O–H groups in total. The number of esters is 2. The highest BCUT2D eigenvalue weighted by molar-refractivity contribution is 7.80. The highest BCUT2D eigenvalue weighted by Gasteiger charge is 2.27. The topological polar surface area (TPSA) is 55.4 Å². The summed E-state index contributed by atoms with van der Waals surface area (Å²) < 4.78 is 4.79. The molecule has 0 saturated carbocycles. The van der Waals surface area contributed by atoms with Gasteiger partial charge in [-0.25, -0.2) is 4.79 Å². The number of carbonyl (C=O) groups is 2. The minimum atomic E-state index is -0.453. The molecule has 0 aromatic heterocycles. The molecule has 4 nitrogen and oxygen atoms in total. The molecule has 2 atom stereocenters. The second kappa shape index (κ2) is 6.12. The molecule has 5 heteroatoms. The van der Waals surface area contributed by atoms with Crippen LogP contribution in [0.4, 0.5) is 0 Å². The molecule has 0 aromatic carbocycles. The zero-order valence-corrected chi connectivity index (χ0v) is 9.76. The first kappa shape index (κ1) is 12.5. The van der Waals surface area contributed by atoms with Crippen LogP contribution in [-0.4, -0.2) is 30.3 Å². The average molecular weight is 231 g/mol. The molecule has 0 radical (unpaired) electrons. The van der Waals surface area contributed by atoms with Crippen LogP contribution in [0.2, 0.25) is 0 Å². The van der Waals surface area contributed by atoms with Crippen molar-refractivity contribution in [1.82, 2.24) is 5.32 Å². The van der Waals surface area contributed by atoms with Crippen LogP contribution < -0.4 is 5.32 Å². The van der Waals surface area contributed by atoms with Gasteiger partial charge in [0.25, 0.3) is 0 Å². The van der Waals surface area contributed by atoms with Crippen LogP contribution in [0.15, 0.2) is 0 Å². The summed E-state index contributed by atoms with van der Waals surface area (Å²) in [6, 6.07) is -0.300. The van der Waals surface area contributed by atoms with E-state index in [0.29, 0.717) is 12.2 Å². The molecule has 0 spiro atoms. The van der Waals surface area contributed by atoms with Gasteiger partial charge in [-0.1, -0.05) is 6.92 Å². The van der Waals surface area contributed by atoms with Gasteiger partial charge < -0.3 is 10.1 Å². The quantitative estimate of drug-likeness (QED) is 0.426. The first-order valence-corrected chi connectivity index (χ1v) is 5.92. The lowest BCUT2D eigenvalue weighted by molar-refractivity contribution is -0.163. The second-order valence-electron chi connectivity index (χ2n) is 3.68. The molecule has 0 aliphatic carbocycles. The molecule has 0 bridgehead atoms. The minimum absolute atomic E-state index is 0.279. The number of carbonyl (C=O) groups excluding carboxylic acids is 2. The van der Waals surface area contributed by atoms with E-state index >= 15 is 0 Å². The molecule has 86 valence electrons. The molecule has 1 unspecified atom stereocenters. The highest BCUT2D eigenvalue weighted by atomic mass is 32.1. The molecule has 15 heavy (non-hydrogen) atoms. The van der Waals surface area contributed by atoms with Crippen LogP contribution in [-0.2, 0) is 14.3 Å². The van der Waals surface area contributed by atoms with Crippen LogP contribution in [0.3, 0.4) is 0 Å². The van der Waals surface area contributed by atoms with E-state index in [9.17, 15) is 9.59 Å². The van der Waals surface area contributed by atoms with Gasteiger partial charge in [-0.05, 0) is 25.8 Å². The lowest BCUT2D eigenvalue weighted by atomic mass is 10.1. The second-order valence-corrected chi connectivity index (χ2v) is 4.04. The largest absolute Gasteiger partial charge is 0.392 e. The molecule has 1 aliphatic heterocycles. The van der Waals surface area contributed by atoms with Gasteiger partial charge in [0.2, 0.25) is 0 Å². The Kier molecular flexibility index (Phi) is 5.11. The van der Waals surface area contributed by atoms with E-state index < -0.39 is 11.9 Å². The number of hydrogen-bond donors (Lipinski definition) is 2. The fourth-order valence-electron chi connectivity index (χ4n) is 1.51. The predicted molar refractivity (Wildman–Crippen MR) is 59.8 cm³/mol. The van der Waals surface area contributed by atoms with Gasteiger partial charge in [0.15, 0.2) is 0 Å². The Hall–Kier alpha value is -0.550. The van der Waals surface area contributed by atoms with Gasteiger partial charge in [-0.3, -0.25) is 4.79 Å². The third kappa shape index (κ3) is 3.50. The van der Waals surface area contributed by atoms with Crippen molar-refractivity contribution < 1.29 is 14.3 Å². The van der Waals surface area contributed by atoms with Crippen LogP contribution in [0.1, 0.15) is 26.2 Å². The van der Waals surface area contributed by atoms with Crippen molar-refractivity contribution in [3.05, 3.63) is 0 Å². The summed E-state index contributed by atoms with van der Waals surface area (Å²) >= 11 is 4.04. The highest BCUT2D eigenvalue weighted by Crippen LogP contribution is 2.11. The van der Waals surface area contributed by atoms with Crippen molar-refractivity contribution in [2.75, 3.05) is 12.3 Å². The van der Waals surface area contributed by atoms with Gasteiger partial charge in [0.1, 0.15) is 6.04 Å². The molecule has 0 aromatic rings. The van der Waals surface area contributed by atoms with E-state index in [4.69, 9.17) is 4.74 Å². The van der Waals surface area contributed by atoms with Crippen LogP contribution in [0.5, 0.6) is 0 Å². The smallest absolute Gasteiger partial charge is 0.330 e. The van der Waals surface area contributed by atoms with Crippen LogP contribution in [0, 0.1) is 5.92 Å². The summed E-state index contributed by atoms with van der Waals surface area (Å²) in [5, 5.41) is 2.99. The third-order valence-corrected chi connectivity index (χ3v) is 3.03. The molecule has 1 heterocycles. The van der Waals surface area contributed by atoms with Crippen LogP contribution in [0.25, 0.3) is 0 Å². The third-order valence-electron chi connectivity index (χ3n) is 2.59. The van der Waals surface area contributed by atoms with Gasteiger partial charge in [0.05, 0.1) is 5.92 Å². The molecule has 1 saturated heterocycles. The molecule has 1 fully saturated rings. The maximum atomic E-state index is 11.5. The Balaban J connectivity index is 2.39. The fraction of sp³-hybridized carbons (Fsp3) is 0.800.